The van der Waals surface area contributed by atoms with Crippen molar-refractivity contribution in [1.29, 1.82) is 0 Å². The molecule has 3 heterocycles. The number of furan rings is 1. The van der Waals surface area contributed by atoms with E-state index in [9.17, 15) is 9.59 Å². The predicted molar refractivity (Wildman–Crippen MR) is 101 cm³/mol. The molecule has 10 heteroatoms. The van der Waals surface area contributed by atoms with Gasteiger partial charge in [0, 0.05) is 19.4 Å². The number of nitrogens with one attached hydrogen (secondary N) is 2. The summed E-state index contributed by atoms with van der Waals surface area (Å²) in [4.78, 5) is 24.9. The topological polar surface area (TPSA) is 107 Å². The van der Waals surface area contributed by atoms with E-state index in [-0.39, 0.29) is 24.1 Å². The number of amides is 2. The smallest absolute Gasteiger partial charge is 0.274 e. The minimum absolute atomic E-state index is 0.145. The monoisotopic (exact) mass is 434 g/mol. The lowest BCUT2D eigenvalue weighted by atomic mass is 10.1. The van der Waals surface area contributed by atoms with Gasteiger partial charge in [0.1, 0.15) is 5.76 Å². The highest BCUT2D eigenvalue weighted by atomic mass is 79.9. The maximum absolute atomic E-state index is 12.5. The molecular weight excluding hydrogens is 416 g/mol. The number of aromatic nitrogens is 4. The van der Waals surface area contributed by atoms with Crippen LogP contribution in [0.15, 0.2) is 45.9 Å². The van der Waals surface area contributed by atoms with E-state index in [0.29, 0.717) is 18.0 Å². The number of hydrogen-bond acceptors (Lipinski definition) is 5. The number of anilines is 1. The van der Waals surface area contributed by atoms with Gasteiger partial charge in [-0.05, 0) is 28.1 Å². The molecule has 0 saturated heterocycles. The number of halogens is 1. The lowest BCUT2D eigenvalue weighted by Crippen LogP contribution is -2.27. The molecule has 0 aliphatic rings. The van der Waals surface area contributed by atoms with E-state index in [1.807, 2.05) is 0 Å². The van der Waals surface area contributed by atoms with Crippen LogP contribution in [0.4, 0.5) is 5.69 Å². The Bertz CT molecular complexity index is 931. The highest BCUT2D eigenvalue weighted by Crippen LogP contribution is 2.16. The van der Waals surface area contributed by atoms with Crippen LogP contribution in [0.1, 0.15) is 23.2 Å². The Morgan fingerprint density at radius 1 is 1.37 bits per heavy atom. The number of hydrogen-bond donors (Lipinski definition) is 2. The molecule has 0 fully saturated rings. The van der Waals surface area contributed by atoms with E-state index in [2.05, 4.69) is 36.8 Å². The zero-order chi connectivity index (χ0) is 19.4. The number of aryl methyl sites for hydroxylation is 1. The molecule has 0 bridgehead atoms. The van der Waals surface area contributed by atoms with E-state index in [1.165, 1.54) is 10.9 Å². The standard InChI is InChI=1S/C17H19BrN6O3/c1-11(8-24-9-12(18)6-20-24)16(25)21-14-10-23(2)22-15(14)17(26)19-7-13-4-3-5-27-13/h3-6,9-11H,7-8H2,1-2H3,(H,19,26)(H,21,25). The molecule has 1 atom stereocenters. The fourth-order valence-electron chi connectivity index (χ4n) is 2.47. The lowest BCUT2D eigenvalue weighted by molar-refractivity contribution is -0.119. The lowest BCUT2D eigenvalue weighted by Gasteiger charge is -2.12. The highest BCUT2D eigenvalue weighted by Gasteiger charge is 2.21. The molecule has 2 amide bonds. The van der Waals surface area contributed by atoms with Crippen LogP contribution in [0.2, 0.25) is 0 Å². The van der Waals surface area contributed by atoms with E-state index < -0.39 is 5.91 Å². The number of carbonyl (C=O) groups excluding carboxylic acids is 2. The molecule has 3 aromatic rings. The van der Waals surface area contributed by atoms with E-state index in [4.69, 9.17) is 4.42 Å². The summed E-state index contributed by atoms with van der Waals surface area (Å²) in [5.74, 6) is -0.347. The average molecular weight is 435 g/mol. The zero-order valence-corrected chi connectivity index (χ0v) is 16.4. The molecule has 27 heavy (non-hydrogen) atoms. The second kappa shape index (κ2) is 8.21. The van der Waals surface area contributed by atoms with Crippen molar-refractivity contribution in [3.63, 3.8) is 0 Å². The summed E-state index contributed by atoms with van der Waals surface area (Å²) in [5, 5.41) is 13.8. The molecule has 2 N–H and O–H groups in total. The normalized spacial score (nSPS) is 12.0. The maximum Gasteiger partial charge on any atom is 0.274 e. The van der Waals surface area contributed by atoms with Crippen molar-refractivity contribution in [2.45, 2.75) is 20.0 Å². The first kappa shape index (κ1) is 18.9. The highest BCUT2D eigenvalue weighted by molar-refractivity contribution is 9.10. The van der Waals surface area contributed by atoms with Crippen molar-refractivity contribution < 1.29 is 14.0 Å². The van der Waals surface area contributed by atoms with Crippen LogP contribution in [-0.4, -0.2) is 31.4 Å². The van der Waals surface area contributed by atoms with Gasteiger partial charge in [-0.3, -0.25) is 19.0 Å². The van der Waals surface area contributed by atoms with Crippen molar-refractivity contribution in [2.24, 2.45) is 13.0 Å². The van der Waals surface area contributed by atoms with Gasteiger partial charge in [0.15, 0.2) is 5.69 Å². The van der Waals surface area contributed by atoms with Gasteiger partial charge in [-0.15, -0.1) is 0 Å². The summed E-state index contributed by atoms with van der Waals surface area (Å²) in [6.07, 6.45) is 6.58. The van der Waals surface area contributed by atoms with E-state index >= 15 is 0 Å². The third-order valence-electron chi connectivity index (χ3n) is 3.82. The second-order valence-electron chi connectivity index (χ2n) is 6.10. The quantitative estimate of drug-likeness (QED) is 0.592. The fraction of sp³-hybridized carbons (Fsp3) is 0.294. The van der Waals surface area contributed by atoms with Gasteiger partial charge < -0.3 is 15.1 Å². The molecular formula is C17H19BrN6O3. The Kier molecular flexibility index (Phi) is 5.75. The summed E-state index contributed by atoms with van der Waals surface area (Å²) < 4.78 is 9.19. The van der Waals surface area contributed by atoms with Crippen LogP contribution in [0.3, 0.4) is 0 Å². The minimum atomic E-state index is -0.397. The molecule has 1 unspecified atom stereocenters. The average Bonchev–Trinajstić information content (AvgIpc) is 3.35. The van der Waals surface area contributed by atoms with E-state index in [0.717, 1.165) is 4.47 Å². The van der Waals surface area contributed by atoms with Gasteiger partial charge in [0.05, 0.1) is 41.6 Å². The van der Waals surface area contributed by atoms with Crippen molar-refractivity contribution in [3.05, 3.63) is 52.9 Å². The summed E-state index contributed by atoms with van der Waals surface area (Å²) >= 11 is 3.32. The van der Waals surface area contributed by atoms with Crippen molar-refractivity contribution >= 4 is 33.4 Å². The first-order chi connectivity index (χ1) is 12.9. The van der Waals surface area contributed by atoms with Crippen molar-refractivity contribution in [1.82, 2.24) is 24.9 Å². The Labute approximate surface area is 163 Å². The Hall–Kier alpha value is -2.88. The largest absolute Gasteiger partial charge is 0.467 e. The van der Waals surface area contributed by atoms with Crippen LogP contribution >= 0.6 is 15.9 Å². The van der Waals surface area contributed by atoms with Crippen LogP contribution < -0.4 is 10.6 Å². The maximum atomic E-state index is 12.5. The molecule has 3 aromatic heterocycles. The Balaban J connectivity index is 1.63. The molecule has 0 spiro atoms. The number of carbonyl (C=O) groups is 2. The summed E-state index contributed by atoms with van der Waals surface area (Å²) in [7, 11) is 1.68. The predicted octanol–water partition coefficient (Wildman–Crippen LogP) is 2.18. The van der Waals surface area contributed by atoms with Gasteiger partial charge in [-0.1, -0.05) is 6.92 Å². The van der Waals surface area contributed by atoms with Crippen molar-refractivity contribution in [2.75, 3.05) is 5.32 Å². The number of nitrogens with zero attached hydrogens (tertiary/aromatic N) is 4. The summed E-state index contributed by atoms with van der Waals surface area (Å²) in [6, 6.07) is 3.50. The van der Waals surface area contributed by atoms with Gasteiger partial charge in [-0.2, -0.15) is 10.2 Å². The van der Waals surface area contributed by atoms with Crippen LogP contribution in [-0.2, 0) is 24.9 Å². The third-order valence-corrected chi connectivity index (χ3v) is 4.22. The zero-order valence-electron chi connectivity index (χ0n) is 14.8. The molecule has 0 aromatic carbocycles. The first-order valence-corrected chi connectivity index (χ1v) is 9.04. The molecule has 0 aliphatic heterocycles. The summed E-state index contributed by atoms with van der Waals surface area (Å²) in [6.45, 7) is 2.44. The second-order valence-corrected chi connectivity index (χ2v) is 7.01. The van der Waals surface area contributed by atoms with Gasteiger partial charge in [-0.25, -0.2) is 0 Å². The molecule has 142 valence electrons. The molecule has 9 nitrogen and oxygen atoms in total. The Morgan fingerprint density at radius 3 is 2.85 bits per heavy atom. The van der Waals surface area contributed by atoms with Crippen LogP contribution in [0.5, 0.6) is 0 Å². The Morgan fingerprint density at radius 2 is 2.19 bits per heavy atom. The molecule has 0 aliphatic carbocycles. The van der Waals surface area contributed by atoms with Gasteiger partial charge in [0.2, 0.25) is 5.91 Å². The molecule has 0 saturated carbocycles. The van der Waals surface area contributed by atoms with Gasteiger partial charge >= 0.3 is 0 Å². The van der Waals surface area contributed by atoms with Crippen molar-refractivity contribution in [3.8, 4) is 0 Å². The van der Waals surface area contributed by atoms with Crippen LogP contribution in [0.25, 0.3) is 0 Å². The molecule has 0 radical (unpaired) electrons. The first-order valence-electron chi connectivity index (χ1n) is 8.25. The number of rotatable bonds is 7. The molecule has 3 rings (SSSR count). The fourth-order valence-corrected chi connectivity index (χ4v) is 2.80. The minimum Gasteiger partial charge on any atom is -0.467 e. The third kappa shape index (κ3) is 4.85. The SMILES string of the molecule is CC(Cn1cc(Br)cn1)C(=O)Nc1cn(C)nc1C(=O)NCc1ccco1. The van der Waals surface area contributed by atoms with Gasteiger partial charge in [0.25, 0.3) is 5.91 Å². The van der Waals surface area contributed by atoms with E-state index in [1.54, 1.807) is 49.4 Å². The van der Waals surface area contributed by atoms with Crippen LogP contribution in [0, 0.1) is 5.92 Å². The summed E-state index contributed by atoms with van der Waals surface area (Å²) in [5.41, 5.74) is 0.499.